The molecule has 0 aliphatic rings. The smallest absolute Gasteiger partial charge is 0.309 e. The van der Waals surface area contributed by atoms with Crippen LogP contribution < -0.4 is 0 Å². The first-order valence-electron chi connectivity index (χ1n) is 9.03. The van der Waals surface area contributed by atoms with E-state index in [0.29, 0.717) is 12.8 Å². The average Bonchev–Trinajstić information content (AvgIpc) is 2.52. The fraction of sp³-hybridized carbons (Fsp3) is 0.875. The van der Waals surface area contributed by atoms with Crippen LogP contribution in [0.25, 0.3) is 0 Å². The highest BCUT2D eigenvalue weighted by atomic mass is 31.2. The lowest BCUT2D eigenvalue weighted by Crippen LogP contribution is -2.11. The van der Waals surface area contributed by atoms with Crippen molar-refractivity contribution < 1.29 is 36.8 Å². The Labute approximate surface area is 156 Å². The topological polar surface area (TPSA) is 105 Å². The summed E-state index contributed by atoms with van der Waals surface area (Å²) in [4.78, 5) is 23.9. The van der Waals surface area contributed by atoms with Crippen LogP contribution in [0.2, 0.25) is 0 Å². The van der Waals surface area contributed by atoms with E-state index in [1.165, 1.54) is 0 Å². The Morgan fingerprint density at radius 1 is 0.615 bits per heavy atom. The van der Waals surface area contributed by atoms with Gasteiger partial charge in [0.15, 0.2) is 0 Å². The number of carbonyl (C=O) groups excluding carboxylic acids is 2. The predicted octanol–water partition coefficient (Wildman–Crippen LogP) is 4.22. The highest BCUT2D eigenvalue weighted by molar-refractivity contribution is 7.55. The van der Waals surface area contributed by atoms with Gasteiger partial charge in [0.2, 0.25) is 0 Å². The molecule has 0 amide bonds. The van der Waals surface area contributed by atoms with E-state index in [4.69, 9.17) is 18.1 Å². The molecule has 0 N–H and O–H groups in total. The molecule has 0 radical (unpaired) electrons. The lowest BCUT2D eigenvalue weighted by Gasteiger charge is -2.16. The largest absolute Gasteiger partial charge is 0.338 e. The van der Waals surface area contributed by atoms with Crippen molar-refractivity contribution in [3.05, 3.63) is 0 Å². The molecular weight excluding hydrogens is 382 g/mol. The maximum atomic E-state index is 12.3. The van der Waals surface area contributed by atoms with Gasteiger partial charge in [-0.2, -0.15) is 0 Å². The number of Topliss-reactive ketones (excluding diaryl/α,β-unsaturated/α-hetero) is 2. The summed E-state index contributed by atoms with van der Waals surface area (Å²) < 4.78 is 44.9. The van der Waals surface area contributed by atoms with Crippen molar-refractivity contribution in [2.75, 3.05) is 38.8 Å². The number of hydrogen-bond donors (Lipinski definition) is 0. The van der Waals surface area contributed by atoms with Gasteiger partial charge in [-0.05, 0) is 40.5 Å². The molecule has 0 saturated carbocycles. The molecule has 0 aliphatic carbocycles. The second-order valence-electron chi connectivity index (χ2n) is 5.49. The fourth-order valence-corrected chi connectivity index (χ4v) is 5.55. The zero-order valence-corrected chi connectivity index (χ0v) is 18.0. The molecular formula is C16H32O8P2. The Morgan fingerprint density at radius 2 is 0.885 bits per heavy atom. The molecule has 0 spiro atoms. The van der Waals surface area contributed by atoms with E-state index in [9.17, 15) is 18.7 Å². The molecule has 0 unspecified atom stereocenters. The van der Waals surface area contributed by atoms with E-state index in [-0.39, 0.29) is 63.2 Å². The van der Waals surface area contributed by atoms with Gasteiger partial charge in [-0.25, -0.2) is 0 Å². The Morgan fingerprint density at radius 3 is 1.12 bits per heavy atom. The molecule has 0 aliphatic heterocycles. The summed E-state index contributed by atoms with van der Waals surface area (Å²) in [6.45, 7) is 7.57. The molecule has 0 aromatic rings. The molecule has 0 heterocycles. The van der Waals surface area contributed by atoms with Gasteiger partial charge in [-0.15, -0.1) is 0 Å². The van der Waals surface area contributed by atoms with Crippen LogP contribution in [0.3, 0.4) is 0 Å². The van der Waals surface area contributed by atoms with Crippen molar-refractivity contribution in [3.63, 3.8) is 0 Å². The average molecular weight is 414 g/mol. The molecule has 0 rings (SSSR count). The maximum absolute atomic E-state index is 12.3. The van der Waals surface area contributed by atoms with E-state index < -0.39 is 15.2 Å². The standard InChI is InChI=1S/C16H32O8P2/c1-5-21-25(19,22-6-2)13-15(17)11-9-10-12-16(18)14-26(20,23-7-3)24-8-4/h5-14H2,1-4H3. The van der Waals surface area contributed by atoms with Gasteiger partial charge in [-0.3, -0.25) is 18.7 Å². The third kappa shape index (κ3) is 11.4. The minimum atomic E-state index is -3.37. The Hall–Kier alpha value is -0.360. The second-order valence-corrected chi connectivity index (χ2v) is 9.60. The summed E-state index contributed by atoms with van der Waals surface area (Å²) in [6.07, 6.45) is 0.795. The van der Waals surface area contributed by atoms with E-state index in [0.717, 1.165) is 0 Å². The molecule has 0 aromatic carbocycles. The highest BCUT2D eigenvalue weighted by Gasteiger charge is 2.28. The zero-order valence-electron chi connectivity index (χ0n) is 16.2. The third-order valence-corrected chi connectivity index (χ3v) is 7.29. The summed E-state index contributed by atoms with van der Waals surface area (Å²) in [5.41, 5.74) is 0. The molecule has 0 atom stereocenters. The summed E-state index contributed by atoms with van der Waals surface area (Å²) in [6, 6.07) is 0. The quantitative estimate of drug-likeness (QED) is 0.257. The van der Waals surface area contributed by atoms with Crippen LogP contribution in [0.5, 0.6) is 0 Å². The Balaban J connectivity index is 4.24. The molecule has 8 nitrogen and oxygen atoms in total. The number of ketones is 2. The van der Waals surface area contributed by atoms with Crippen LogP contribution >= 0.6 is 15.2 Å². The molecule has 154 valence electrons. The van der Waals surface area contributed by atoms with Gasteiger partial charge >= 0.3 is 15.2 Å². The number of hydrogen-bond acceptors (Lipinski definition) is 8. The van der Waals surface area contributed by atoms with E-state index in [1.807, 2.05) is 0 Å². The van der Waals surface area contributed by atoms with E-state index in [1.54, 1.807) is 27.7 Å². The summed E-state index contributed by atoms with van der Waals surface area (Å²) in [7, 11) is -6.75. The van der Waals surface area contributed by atoms with Crippen molar-refractivity contribution >= 4 is 26.8 Å². The van der Waals surface area contributed by atoms with Gasteiger partial charge < -0.3 is 18.1 Å². The lowest BCUT2D eigenvalue weighted by molar-refractivity contribution is -0.118. The van der Waals surface area contributed by atoms with Crippen LogP contribution in [0.1, 0.15) is 53.4 Å². The Kier molecular flexibility index (Phi) is 13.6. The van der Waals surface area contributed by atoms with E-state index >= 15 is 0 Å². The monoisotopic (exact) mass is 414 g/mol. The third-order valence-electron chi connectivity index (χ3n) is 3.20. The van der Waals surface area contributed by atoms with E-state index in [2.05, 4.69) is 0 Å². The van der Waals surface area contributed by atoms with Crippen molar-refractivity contribution in [1.29, 1.82) is 0 Å². The minimum absolute atomic E-state index is 0.187. The van der Waals surface area contributed by atoms with Gasteiger partial charge in [0.1, 0.15) is 23.9 Å². The first kappa shape index (κ1) is 25.6. The van der Waals surface area contributed by atoms with Crippen LogP contribution in [-0.4, -0.2) is 50.3 Å². The second kappa shape index (κ2) is 13.8. The molecule has 0 aromatic heterocycles. The summed E-state index contributed by atoms with van der Waals surface area (Å²) >= 11 is 0. The van der Waals surface area contributed by atoms with Gasteiger partial charge in [-0.1, -0.05) is 0 Å². The zero-order chi connectivity index (χ0) is 20.1. The van der Waals surface area contributed by atoms with Crippen molar-refractivity contribution in [2.24, 2.45) is 0 Å². The maximum Gasteiger partial charge on any atom is 0.338 e. The first-order valence-corrected chi connectivity index (χ1v) is 12.5. The van der Waals surface area contributed by atoms with Crippen LogP contribution in [0.4, 0.5) is 0 Å². The van der Waals surface area contributed by atoms with Crippen LogP contribution in [-0.2, 0) is 36.8 Å². The predicted molar refractivity (Wildman–Crippen MR) is 99.9 cm³/mol. The van der Waals surface area contributed by atoms with Gasteiger partial charge in [0.25, 0.3) is 0 Å². The highest BCUT2D eigenvalue weighted by Crippen LogP contribution is 2.48. The fourth-order valence-electron chi connectivity index (χ4n) is 2.28. The number of unbranched alkanes of at least 4 members (excludes halogenated alkanes) is 1. The Bertz CT molecular complexity index is 454. The number of carbonyl (C=O) groups is 2. The molecule has 0 saturated heterocycles. The van der Waals surface area contributed by atoms with Crippen molar-refractivity contribution in [3.8, 4) is 0 Å². The SMILES string of the molecule is CCOP(=O)(CC(=O)CCCCC(=O)CP(=O)(OCC)OCC)OCC. The molecule has 0 fully saturated rings. The normalized spacial score (nSPS) is 12.3. The van der Waals surface area contributed by atoms with Crippen LogP contribution in [0.15, 0.2) is 0 Å². The number of rotatable bonds is 17. The summed E-state index contributed by atoms with van der Waals surface area (Å²) in [5, 5.41) is 0. The molecule has 10 heteroatoms. The lowest BCUT2D eigenvalue weighted by atomic mass is 10.1. The van der Waals surface area contributed by atoms with Gasteiger partial charge in [0.05, 0.1) is 26.4 Å². The van der Waals surface area contributed by atoms with Gasteiger partial charge in [0, 0.05) is 12.8 Å². The van der Waals surface area contributed by atoms with Crippen molar-refractivity contribution in [2.45, 2.75) is 53.4 Å². The summed E-state index contributed by atoms with van der Waals surface area (Å²) in [5.74, 6) is -0.450. The molecule has 26 heavy (non-hydrogen) atoms. The van der Waals surface area contributed by atoms with Crippen molar-refractivity contribution in [1.82, 2.24) is 0 Å². The molecule has 0 bridgehead atoms. The minimum Gasteiger partial charge on any atom is -0.309 e. The first-order chi connectivity index (χ1) is 12.2. The van der Waals surface area contributed by atoms with Crippen LogP contribution in [0, 0.1) is 0 Å².